The van der Waals surface area contributed by atoms with E-state index in [9.17, 15) is 0 Å². The van der Waals surface area contributed by atoms with Gasteiger partial charge in [-0.15, -0.1) is 0 Å². The third-order valence-electron chi connectivity index (χ3n) is 4.84. The number of anilines is 1. The molecule has 2 aliphatic heterocycles. The molecule has 1 fully saturated rings. The minimum Gasteiger partial charge on any atom is -0.385 e. The number of fused-ring (bicyclic) bond motifs is 1. The predicted molar refractivity (Wildman–Crippen MR) is 81.5 cm³/mol. The van der Waals surface area contributed by atoms with E-state index in [1.54, 1.807) is 11.1 Å². The third kappa shape index (κ3) is 2.79. The fourth-order valence-electron chi connectivity index (χ4n) is 3.64. The van der Waals surface area contributed by atoms with Gasteiger partial charge in [0.05, 0.1) is 0 Å². The second kappa shape index (κ2) is 5.54. The molecule has 2 heterocycles. The number of piperidine rings is 1. The summed E-state index contributed by atoms with van der Waals surface area (Å²) in [7, 11) is 0. The molecular formula is C17H26N2. The Labute approximate surface area is 117 Å². The second-order valence-electron chi connectivity index (χ2n) is 6.42. The van der Waals surface area contributed by atoms with Crippen LogP contribution in [0.2, 0.25) is 0 Å². The van der Waals surface area contributed by atoms with Crippen LogP contribution in [0, 0.1) is 5.92 Å². The van der Waals surface area contributed by atoms with E-state index in [-0.39, 0.29) is 0 Å². The zero-order chi connectivity index (χ0) is 13.2. The maximum atomic E-state index is 3.54. The predicted octanol–water partition coefficient (Wildman–Crippen LogP) is 3.67. The summed E-state index contributed by atoms with van der Waals surface area (Å²) in [6, 6.07) is 7.51. The Balaban J connectivity index is 1.76. The molecule has 2 unspecified atom stereocenters. The Morgan fingerprint density at radius 3 is 3.05 bits per heavy atom. The van der Waals surface area contributed by atoms with E-state index in [1.165, 1.54) is 37.9 Å². The van der Waals surface area contributed by atoms with E-state index in [0.29, 0.717) is 0 Å². The highest BCUT2D eigenvalue weighted by Crippen LogP contribution is 2.29. The van der Waals surface area contributed by atoms with Crippen molar-refractivity contribution in [3.05, 3.63) is 29.3 Å². The van der Waals surface area contributed by atoms with E-state index in [4.69, 9.17) is 0 Å². The summed E-state index contributed by atoms with van der Waals surface area (Å²) in [5, 5.41) is 3.54. The molecule has 1 aromatic carbocycles. The first-order valence-electron chi connectivity index (χ1n) is 7.82. The normalized spacial score (nSPS) is 27.7. The maximum Gasteiger partial charge on any atom is 0.0375 e. The van der Waals surface area contributed by atoms with Crippen LogP contribution in [-0.4, -0.2) is 24.0 Å². The van der Waals surface area contributed by atoms with E-state index in [0.717, 1.165) is 25.0 Å². The topological polar surface area (TPSA) is 15.3 Å². The molecule has 0 bridgehead atoms. The smallest absolute Gasteiger partial charge is 0.0375 e. The van der Waals surface area contributed by atoms with Crippen molar-refractivity contribution in [1.82, 2.24) is 4.90 Å². The van der Waals surface area contributed by atoms with E-state index in [2.05, 4.69) is 42.3 Å². The largest absolute Gasteiger partial charge is 0.385 e. The highest BCUT2D eigenvalue weighted by atomic mass is 15.2. The lowest BCUT2D eigenvalue weighted by atomic mass is 9.91. The summed E-state index contributed by atoms with van der Waals surface area (Å²) in [6.07, 6.45) is 5.23. The quantitative estimate of drug-likeness (QED) is 0.871. The summed E-state index contributed by atoms with van der Waals surface area (Å²) in [4.78, 5) is 2.67. The lowest BCUT2D eigenvalue weighted by Gasteiger charge is -2.37. The first-order valence-corrected chi connectivity index (χ1v) is 7.82. The number of rotatable bonds is 2. The van der Waals surface area contributed by atoms with Crippen LogP contribution in [0.3, 0.4) is 0 Å². The Bertz CT molecular complexity index is 441. The monoisotopic (exact) mass is 258 g/mol. The molecule has 1 aromatic rings. The van der Waals surface area contributed by atoms with Crippen molar-refractivity contribution in [1.29, 1.82) is 0 Å². The van der Waals surface area contributed by atoms with Gasteiger partial charge in [-0.1, -0.05) is 19.1 Å². The SMILES string of the molecule is CC1CCN(Cc2cccc3c2CCCN3)C(C)C1. The Morgan fingerprint density at radius 2 is 2.21 bits per heavy atom. The van der Waals surface area contributed by atoms with Crippen LogP contribution in [0.1, 0.15) is 44.2 Å². The molecule has 0 amide bonds. The zero-order valence-electron chi connectivity index (χ0n) is 12.3. The highest BCUT2D eigenvalue weighted by Gasteiger charge is 2.24. The van der Waals surface area contributed by atoms with Crippen LogP contribution < -0.4 is 5.32 Å². The first kappa shape index (κ1) is 13.0. The first-order chi connectivity index (χ1) is 9.24. The lowest BCUT2D eigenvalue weighted by Crippen LogP contribution is -2.39. The molecule has 2 nitrogen and oxygen atoms in total. The van der Waals surface area contributed by atoms with E-state index < -0.39 is 0 Å². The minimum atomic E-state index is 0.733. The van der Waals surface area contributed by atoms with Gasteiger partial charge in [0.2, 0.25) is 0 Å². The molecule has 104 valence electrons. The van der Waals surface area contributed by atoms with Crippen molar-refractivity contribution in [2.45, 2.75) is 52.1 Å². The van der Waals surface area contributed by atoms with Crippen LogP contribution in [0.25, 0.3) is 0 Å². The molecule has 19 heavy (non-hydrogen) atoms. The van der Waals surface area contributed by atoms with E-state index in [1.807, 2.05) is 0 Å². The van der Waals surface area contributed by atoms with Gasteiger partial charge in [0.15, 0.2) is 0 Å². The van der Waals surface area contributed by atoms with Gasteiger partial charge in [0, 0.05) is 24.8 Å². The van der Waals surface area contributed by atoms with Crippen LogP contribution in [0.15, 0.2) is 18.2 Å². The molecule has 2 heteroatoms. The molecule has 0 spiro atoms. The van der Waals surface area contributed by atoms with Crippen LogP contribution in [0.5, 0.6) is 0 Å². The molecule has 1 saturated heterocycles. The average Bonchev–Trinajstić information content (AvgIpc) is 2.42. The fourth-order valence-corrected chi connectivity index (χ4v) is 3.64. The number of likely N-dealkylation sites (tertiary alicyclic amines) is 1. The Hall–Kier alpha value is -1.02. The van der Waals surface area contributed by atoms with Gasteiger partial charge in [-0.2, -0.15) is 0 Å². The van der Waals surface area contributed by atoms with Crippen molar-refractivity contribution in [2.24, 2.45) is 5.92 Å². The number of nitrogens with one attached hydrogen (secondary N) is 1. The Morgan fingerprint density at radius 1 is 1.32 bits per heavy atom. The van der Waals surface area contributed by atoms with Gasteiger partial charge >= 0.3 is 0 Å². The van der Waals surface area contributed by atoms with Crippen molar-refractivity contribution in [3.8, 4) is 0 Å². The van der Waals surface area contributed by atoms with Gasteiger partial charge in [-0.3, -0.25) is 4.90 Å². The number of nitrogens with zero attached hydrogens (tertiary/aromatic N) is 1. The molecule has 3 rings (SSSR count). The van der Waals surface area contributed by atoms with Gasteiger partial charge < -0.3 is 5.32 Å². The average molecular weight is 258 g/mol. The summed E-state index contributed by atoms with van der Waals surface area (Å²) in [6.45, 7) is 8.32. The molecule has 2 atom stereocenters. The number of hydrogen-bond donors (Lipinski definition) is 1. The third-order valence-corrected chi connectivity index (χ3v) is 4.84. The van der Waals surface area contributed by atoms with Crippen molar-refractivity contribution in [3.63, 3.8) is 0 Å². The number of benzene rings is 1. The van der Waals surface area contributed by atoms with Gasteiger partial charge in [-0.05, 0) is 62.3 Å². The van der Waals surface area contributed by atoms with Crippen LogP contribution in [-0.2, 0) is 13.0 Å². The van der Waals surface area contributed by atoms with Crippen molar-refractivity contribution >= 4 is 5.69 Å². The van der Waals surface area contributed by atoms with E-state index >= 15 is 0 Å². The second-order valence-corrected chi connectivity index (χ2v) is 6.42. The zero-order valence-corrected chi connectivity index (χ0v) is 12.3. The minimum absolute atomic E-state index is 0.733. The highest BCUT2D eigenvalue weighted by molar-refractivity contribution is 5.56. The molecule has 2 aliphatic rings. The summed E-state index contributed by atoms with van der Waals surface area (Å²) >= 11 is 0. The van der Waals surface area contributed by atoms with Crippen molar-refractivity contribution < 1.29 is 0 Å². The van der Waals surface area contributed by atoms with Crippen LogP contribution in [0.4, 0.5) is 5.69 Å². The van der Waals surface area contributed by atoms with Gasteiger partial charge in [-0.25, -0.2) is 0 Å². The fraction of sp³-hybridized carbons (Fsp3) is 0.647. The molecule has 0 aromatic heterocycles. The Kier molecular flexibility index (Phi) is 3.79. The molecular weight excluding hydrogens is 232 g/mol. The summed E-state index contributed by atoms with van der Waals surface area (Å²) in [5.41, 5.74) is 4.49. The lowest BCUT2D eigenvalue weighted by molar-refractivity contribution is 0.122. The van der Waals surface area contributed by atoms with Crippen LogP contribution >= 0.6 is 0 Å². The summed E-state index contributed by atoms with van der Waals surface area (Å²) in [5.74, 6) is 0.901. The standard InChI is InChI=1S/C17H26N2/c1-13-8-10-19(14(2)11-13)12-15-5-3-7-17-16(15)6-4-9-18-17/h3,5,7,13-14,18H,4,6,8-12H2,1-2H3. The molecule has 0 aliphatic carbocycles. The molecule has 0 saturated carbocycles. The molecule has 0 radical (unpaired) electrons. The van der Waals surface area contributed by atoms with Crippen molar-refractivity contribution in [2.75, 3.05) is 18.4 Å². The number of hydrogen-bond acceptors (Lipinski definition) is 2. The summed E-state index contributed by atoms with van der Waals surface area (Å²) < 4.78 is 0. The maximum absolute atomic E-state index is 3.54. The van der Waals surface area contributed by atoms with Gasteiger partial charge in [0.1, 0.15) is 0 Å². The van der Waals surface area contributed by atoms with Gasteiger partial charge in [0.25, 0.3) is 0 Å². The molecule has 1 N–H and O–H groups in total.